The van der Waals surface area contributed by atoms with Gasteiger partial charge in [-0.05, 0) is 43.7 Å². The minimum absolute atomic E-state index is 0.0877. The molecular weight excluding hydrogens is 334 g/mol. The Morgan fingerprint density at radius 3 is 2.80 bits per heavy atom. The zero-order valence-electron chi connectivity index (χ0n) is 14.1. The Labute approximate surface area is 150 Å². The molecule has 3 aromatic rings. The number of aryl methyl sites for hydroxylation is 2. The van der Waals surface area contributed by atoms with Crippen LogP contribution in [0.5, 0.6) is 0 Å². The van der Waals surface area contributed by atoms with Gasteiger partial charge >= 0.3 is 0 Å². The fourth-order valence-electron chi connectivity index (χ4n) is 2.54. The number of anilines is 2. The molecule has 0 aliphatic carbocycles. The van der Waals surface area contributed by atoms with Crippen LogP contribution in [0.15, 0.2) is 36.7 Å². The summed E-state index contributed by atoms with van der Waals surface area (Å²) in [7, 11) is 0. The summed E-state index contributed by atoms with van der Waals surface area (Å²) in [5, 5.41) is 4.12. The highest BCUT2D eigenvalue weighted by Gasteiger charge is 2.14. The Morgan fingerprint density at radius 2 is 2.08 bits per heavy atom. The standard InChI is InChI=1S/C18H19N5OS/c1-11-17(25-12(2)23-11)16(24)9-13-5-7-20-14(8-13)10-22-15-4-3-6-21-18(15)19/h3-8,22H,9-10H2,1-2H3,(H2,19,21). The van der Waals surface area contributed by atoms with Crippen LogP contribution in [-0.2, 0) is 13.0 Å². The predicted molar refractivity (Wildman–Crippen MR) is 99.8 cm³/mol. The molecule has 0 fully saturated rings. The van der Waals surface area contributed by atoms with Crippen LogP contribution >= 0.6 is 11.3 Å². The van der Waals surface area contributed by atoms with E-state index < -0.39 is 0 Å². The van der Waals surface area contributed by atoms with Crippen molar-refractivity contribution in [3.8, 4) is 0 Å². The minimum atomic E-state index is 0.0877. The van der Waals surface area contributed by atoms with E-state index in [2.05, 4.69) is 20.3 Å². The molecule has 0 bridgehead atoms. The fourth-order valence-corrected chi connectivity index (χ4v) is 3.40. The monoisotopic (exact) mass is 353 g/mol. The van der Waals surface area contributed by atoms with Crippen molar-refractivity contribution in [3.63, 3.8) is 0 Å². The molecular formula is C18H19N5OS. The zero-order valence-corrected chi connectivity index (χ0v) is 14.9. The Morgan fingerprint density at radius 1 is 1.24 bits per heavy atom. The molecule has 0 saturated heterocycles. The maximum Gasteiger partial charge on any atom is 0.179 e. The molecule has 0 atom stereocenters. The van der Waals surface area contributed by atoms with Crippen LogP contribution in [0.3, 0.4) is 0 Å². The van der Waals surface area contributed by atoms with Gasteiger partial charge in [-0.2, -0.15) is 0 Å². The highest BCUT2D eigenvalue weighted by molar-refractivity contribution is 7.13. The molecule has 25 heavy (non-hydrogen) atoms. The first-order valence-electron chi connectivity index (χ1n) is 7.88. The van der Waals surface area contributed by atoms with Crippen molar-refractivity contribution in [2.24, 2.45) is 0 Å². The van der Waals surface area contributed by atoms with Crippen LogP contribution in [-0.4, -0.2) is 20.7 Å². The van der Waals surface area contributed by atoms with Gasteiger partial charge in [-0.1, -0.05) is 0 Å². The third kappa shape index (κ3) is 4.19. The van der Waals surface area contributed by atoms with E-state index in [-0.39, 0.29) is 5.78 Å². The second kappa shape index (κ2) is 7.40. The van der Waals surface area contributed by atoms with E-state index in [0.29, 0.717) is 18.8 Å². The van der Waals surface area contributed by atoms with Crippen molar-refractivity contribution in [3.05, 3.63) is 63.5 Å². The number of rotatable bonds is 6. The number of pyridine rings is 2. The van der Waals surface area contributed by atoms with E-state index in [1.165, 1.54) is 11.3 Å². The molecule has 0 spiro atoms. The topological polar surface area (TPSA) is 93.8 Å². The number of nitrogens with zero attached hydrogens (tertiary/aromatic N) is 3. The van der Waals surface area contributed by atoms with Gasteiger partial charge in [0.25, 0.3) is 0 Å². The maximum absolute atomic E-state index is 12.5. The molecule has 3 heterocycles. The van der Waals surface area contributed by atoms with Crippen molar-refractivity contribution < 1.29 is 4.79 Å². The van der Waals surface area contributed by atoms with Gasteiger partial charge in [0.1, 0.15) is 5.82 Å². The molecule has 0 unspecified atom stereocenters. The van der Waals surface area contributed by atoms with Gasteiger partial charge < -0.3 is 11.1 Å². The number of nitrogens with one attached hydrogen (secondary N) is 1. The molecule has 0 aliphatic rings. The first-order valence-corrected chi connectivity index (χ1v) is 8.70. The Bertz CT molecular complexity index is 906. The molecule has 3 N–H and O–H groups in total. The summed E-state index contributed by atoms with van der Waals surface area (Å²) in [6, 6.07) is 7.48. The molecule has 128 valence electrons. The number of nitrogen functional groups attached to an aromatic ring is 1. The minimum Gasteiger partial charge on any atom is -0.382 e. The summed E-state index contributed by atoms with van der Waals surface area (Å²) in [4.78, 5) is 25.9. The maximum atomic E-state index is 12.5. The molecule has 6 nitrogen and oxygen atoms in total. The number of Topliss-reactive ketones (excluding diaryl/α,β-unsaturated/α-hetero) is 1. The molecule has 0 aliphatic heterocycles. The first-order chi connectivity index (χ1) is 12.0. The number of carbonyl (C=O) groups is 1. The van der Waals surface area contributed by atoms with E-state index in [1.807, 2.05) is 38.1 Å². The number of ketones is 1. The first kappa shape index (κ1) is 17.0. The van der Waals surface area contributed by atoms with Gasteiger partial charge in [-0.3, -0.25) is 9.78 Å². The fraction of sp³-hybridized carbons (Fsp3) is 0.222. The number of aromatic nitrogens is 3. The summed E-state index contributed by atoms with van der Waals surface area (Å²) in [5.74, 6) is 0.537. The lowest BCUT2D eigenvalue weighted by atomic mass is 10.1. The van der Waals surface area contributed by atoms with Crippen molar-refractivity contribution in [1.82, 2.24) is 15.0 Å². The summed E-state index contributed by atoms with van der Waals surface area (Å²) >= 11 is 1.45. The zero-order chi connectivity index (χ0) is 17.8. The predicted octanol–water partition coefficient (Wildman–Crippen LogP) is 3.17. The molecule has 3 rings (SSSR count). The Balaban J connectivity index is 1.68. The highest BCUT2D eigenvalue weighted by atomic mass is 32.1. The van der Waals surface area contributed by atoms with E-state index in [1.54, 1.807) is 12.4 Å². The van der Waals surface area contributed by atoms with E-state index in [9.17, 15) is 4.79 Å². The third-order valence-corrected chi connectivity index (χ3v) is 4.81. The Hall–Kier alpha value is -2.80. The van der Waals surface area contributed by atoms with Crippen molar-refractivity contribution in [2.45, 2.75) is 26.8 Å². The summed E-state index contributed by atoms with van der Waals surface area (Å²) < 4.78 is 0. The third-order valence-electron chi connectivity index (χ3n) is 3.70. The average Bonchev–Trinajstić information content (AvgIpc) is 2.93. The van der Waals surface area contributed by atoms with E-state index >= 15 is 0 Å². The van der Waals surface area contributed by atoms with E-state index in [0.717, 1.165) is 32.5 Å². The van der Waals surface area contributed by atoms with Crippen molar-refractivity contribution in [1.29, 1.82) is 0 Å². The van der Waals surface area contributed by atoms with Crippen molar-refractivity contribution >= 4 is 28.6 Å². The van der Waals surface area contributed by atoms with Gasteiger partial charge in [-0.25, -0.2) is 9.97 Å². The van der Waals surface area contributed by atoms with Gasteiger partial charge in [0.15, 0.2) is 5.78 Å². The van der Waals surface area contributed by atoms with Crippen LogP contribution in [0, 0.1) is 13.8 Å². The van der Waals surface area contributed by atoms with Crippen LogP contribution in [0.4, 0.5) is 11.5 Å². The Kier molecular flexibility index (Phi) is 5.04. The normalized spacial score (nSPS) is 10.6. The lowest BCUT2D eigenvalue weighted by molar-refractivity contribution is 0.0996. The SMILES string of the molecule is Cc1nc(C)c(C(=O)Cc2ccnc(CNc3cccnc3N)c2)s1. The number of nitrogens with two attached hydrogens (primary N) is 1. The van der Waals surface area contributed by atoms with E-state index in [4.69, 9.17) is 5.73 Å². The van der Waals surface area contributed by atoms with Gasteiger partial charge in [0, 0.05) is 18.8 Å². The lowest BCUT2D eigenvalue weighted by Crippen LogP contribution is -2.07. The summed E-state index contributed by atoms with van der Waals surface area (Å²) in [5.41, 5.74) is 9.15. The number of hydrogen-bond acceptors (Lipinski definition) is 7. The largest absolute Gasteiger partial charge is 0.382 e. The average molecular weight is 353 g/mol. The summed E-state index contributed by atoms with van der Waals surface area (Å²) in [6.07, 6.45) is 3.71. The van der Waals surface area contributed by atoms with Crippen LogP contribution in [0.1, 0.15) is 31.6 Å². The second-order valence-electron chi connectivity index (χ2n) is 5.69. The van der Waals surface area contributed by atoms with Crippen molar-refractivity contribution in [2.75, 3.05) is 11.1 Å². The van der Waals surface area contributed by atoms with Crippen LogP contribution in [0.25, 0.3) is 0 Å². The smallest absolute Gasteiger partial charge is 0.179 e. The molecule has 7 heteroatoms. The quantitative estimate of drug-likeness (QED) is 0.661. The lowest BCUT2D eigenvalue weighted by Gasteiger charge is -2.08. The molecule has 0 radical (unpaired) electrons. The van der Waals surface area contributed by atoms with Gasteiger partial charge in [-0.15, -0.1) is 11.3 Å². The molecule has 0 aromatic carbocycles. The molecule has 0 amide bonds. The molecule has 3 aromatic heterocycles. The number of thiazole rings is 1. The van der Waals surface area contributed by atoms with Gasteiger partial charge in [0.05, 0.1) is 33.5 Å². The molecule has 0 saturated carbocycles. The highest BCUT2D eigenvalue weighted by Crippen LogP contribution is 2.20. The van der Waals surface area contributed by atoms with Crippen LogP contribution < -0.4 is 11.1 Å². The summed E-state index contributed by atoms with van der Waals surface area (Å²) in [6.45, 7) is 4.29. The van der Waals surface area contributed by atoms with Gasteiger partial charge in [0.2, 0.25) is 0 Å². The second-order valence-corrected chi connectivity index (χ2v) is 6.90. The number of hydrogen-bond donors (Lipinski definition) is 2. The van der Waals surface area contributed by atoms with Crippen LogP contribution in [0.2, 0.25) is 0 Å². The number of carbonyl (C=O) groups excluding carboxylic acids is 1.